The van der Waals surface area contributed by atoms with Crippen molar-refractivity contribution in [3.8, 4) is 11.5 Å². The van der Waals surface area contributed by atoms with Crippen molar-refractivity contribution in [2.75, 3.05) is 13.7 Å². The quantitative estimate of drug-likeness (QED) is 0.255. The van der Waals surface area contributed by atoms with Crippen LogP contribution in [0.3, 0.4) is 0 Å². The second-order valence-electron chi connectivity index (χ2n) is 15.4. The summed E-state index contributed by atoms with van der Waals surface area (Å²) >= 11 is 0. The predicted molar refractivity (Wildman–Crippen MR) is 181 cm³/mol. The zero-order valence-corrected chi connectivity index (χ0v) is 29.2. The van der Waals surface area contributed by atoms with E-state index < -0.39 is 52.3 Å². The Bertz CT molecular complexity index is 1750. The molecule has 2 aliphatic heterocycles. The third-order valence-corrected chi connectivity index (χ3v) is 10.7. The molecule has 7 rings (SSSR count). The smallest absolute Gasteiger partial charge is 0.310 e. The van der Waals surface area contributed by atoms with Crippen LogP contribution in [0.25, 0.3) is 0 Å². The monoisotopic (exact) mass is 670 g/mol. The SMILES string of the molecule is C=C(C)[C@]12CC[C@@]34O[C@](Cc5ccccc5)(O[C@@H]1[C@@H]3C=C(COC(=O)Cc1ccc(OC(C)(C)C)c(OC)c1)C[C@]1(O)C(=O)C(C)=C[C@@H]41)O2. The molecule has 0 unspecified atom stereocenters. The maximum absolute atomic E-state index is 13.8. The van der Waals surface area contributed by atoms with Gasteiger partial charge in [-0.25, -0.2) is 0 Å². The van der Waals surface area contributed by atoms with Crippen LogP contribution in [-0.4, -0.2) is 65.1 Å². The molecule has 260 valence electrons. The first-order valence-electron chi connectivity index (χ1n) is 17.1. The topological polar surface area (TPSA) is 110 Å². The molecule has 49 heavy (non-hydrogen) atoms. The molecule has 2 aromatic carbocycles. The van der Waals surface area contributed by atoms with Crippen LogP contribution in [0.15, 0.2) is 84.0 Å². The fourth-order valence-corrected chi connectivity index (χ4v) is 8.69. The lowest BCUT2D eigenvalue weighted by molar-refractivity contribution is -0.415. The molecule has 0 aromatic heterocycles. The Kier molecular flexibility index (Phi) is 8.02. The average Bonchev–Trinajstić information content (AvgIpc) is 3.33. The molecule has 2 saturated heterocycles. The minimum Gasteiger partial charge on any atom is -0.493 e. The molecule has 0 spiro atoms. The van der Waals surface area contributed by atoms with Crippen molar-refractivity contribution < 1.29 is 43.1 Å². The van der Waals surface area contributed by atoms with Gasteiger partial charge >= 0.3 is 5.97 Å². The van der Waals surface area contributed by atoms with Gasteiger partial charge in [0.2, 0.25) is 0 Å². The molecule has 1 N–H and O–H groups in total. The molecule has 5 aliphatic rings. The van der Waals surface area contributed by atoms with Crippen LogP contribution in [0.4, 0.5) is 0 Å². The highest BCUT2D eigenvalue weighted by Gasteiger charge is 2.77. The number of carbonyl (C=O) groups excluding carboxylic acids is 2. The molecule has 3 bridgehead atoms. The number of esters is 1. The number of rotatable bonds is 9. The van der Waals surface area contributed by atoms with E-state index >= 15 is 0 Å². The van der Waals surface area contributed by atoms with Crippen molar-refractivity contribution >= 4 is 11.8 Å². The van der Waals surface area contributed by atoms with Gasteiger partial charge < -0.3 is 33.5 Å². The maximum atomic E-state index is 13.8. The second kappa shape index (κ2) is 11.7. The molecule has 1 saturated carbocycles. The summed E-state index contributed by atoms with van der Waals surface area (Å²) in [6.45, 7) is 13.8. The van der Waals surface area contributed by atoms with E-state index in [1.807, 2.05) is 76.2 Å². The lowest BCUT2D eigenvalue weighted by Crippen LogP contribution is -2.67. The lowest BCUT2D eigenvalue weighted by atomic mass is 9.59. The van der Waals surface area contributed by atoms with Crippen molar-refractivity contribution in [2.45, 2.75) is 101 Å². The summed E-state index contributed by atoms with van der Waals surface area (Å²) in [5, 5.41) is 12.4. The van der Waals surface area contributed by atoms with Crippen LogP contribution in [0.5, 0.6) is 11.5 Å². The molecular formula is C40H46O9. The van der Waals surface area contributed by atoms with Crippen molar-refractivity contribution in [3.63, 3.8) is 0 Å². The number of ether oxygens (including phenoxy) is 6. The fourth-order valence-electron chi connectivity index (χ4n) is 8.69. The normalized spacial score (nSPS) is 34.3. The maximum Gasteiger partial charge on any atom is 0.310 e. The Balaban J connectivity index is 1.19. The minimum atomic E-state index is -1.78. The van der Waals surface area contributed by atoms with Gasteiger partial charge in [0, 0.05) is 18.3 Å². The Hall–Kier alpha value is -3.76. The molecule has 2 heterocycles. The molecule has 9 heteroatoms. The number of benzene rings is 2. The van der Waals surface area contributed by atoms with E-state index in [1.165, 1.54) is 0 Å². The molecule has 3 fully saturated rings. The van der Waals surface area contributed by atoms with Crippen LogP contribution in [0.2, 0.25) is 0 Å². The lowest BCUT2D eigenvalue weighted by Gasteiger charge is -2.56. The van der Waals surface area contributed by atoms with Crippen molar-refractivity contribution in [2.24, 2.45) is 11.8 Å². The van der Waals surface area contributed by atoms with Crippen LogP contribution in [-0.2, 0) is 41.4 Å². The number of ketones is 1. The minimum absolute atomic E-state index is 0.00273. The third-order valence-electron chi connectivity index (χ3n) is 10.7. The van der Waals surface area contributed by atoms with Gasteiger partial charge in [-0.2, -0.15) is 0 Å². The summed E-state index contributed by atoms with van der Waals surface area (Å²) in [5.41, 5.74) is -0.400. The zero-order chi connectivity index (χ0) is 35.0. The molecule has 7 atom stereocenters. The third kappa shape index (κ3) is 5.55. The highest BCUT2D eigenvalue weighted by Crippen LogP contribution is 2.66. The number of carbonyl (C=O) groups is 2. The number of hydrogen-bond acceptors (Lipinski definition) is 9. The second-order valence-corrected chi connectivity index (χ2v) is 15.4. The first-order valence-corrected chi connectivity index (χ1v) is 17.1. The number of methoxy groups -OCH3 is 1. The highest BCUT2D eigenvalue weighted by molar-refractivity contribution is 6.04. The van der Waals surface area contributed by atoms with Crippen molar-refractivity contribution in [1.29, 1.82) is 0 Å². The summed E-state index contributed by atoms with van der Waals surface area (Å²) in [7, 11) is 1.56. The largest absolute Gasteiger partial charge is 0.493 e. The number of hydrogen-bond donors (Lipinski definition) is 1. The van der Waals surface area contributed by atoms with E-state index in [-0.39, 0.29) is 25.2 Å². The zero-order valence-electron chi connectivity index (χ0n) is 29.2. The molecular weight excluding hydrogens is 624 g/mol. The van der Waals surface area contributed by atoms with E-state index in [1.54, 1.807) is 26.2 Å². The number of aliphatic hydroxyl groups is 1. The van der Waals surface area contributed by atoms with Gasteiger partial charge in [0.25, 0.3) is 5.97 Å². The number of fused-ring (bicyclic) bond motifs is 2. The fraction of sp³-hybridized carbons (Fsp3) is 0.500. The van der Waals surface area contributed by atoms with Gasteiger partial charge in [-0.3, -0.25) is 9.59 Å². The summed E-state index contributed by atoms with van der Waals surface area (Å²) in [5.74, 6) is -2.18. The Morgan fingerprint density at radius 3 is 2.49 bits per heavy atom. The van der Waals surface area contributed by atoms with Gasteiger partial charge in [0.1, 0.15) is 29.5 Å². The van der Waals surface area contributed by atoms with E-state index in [0.717, 1.165) is 11.1 Å². The molecule has 2 aromatic rings. The average molecular weight is 671 g/mol. The summed E-state index contributed by atoms with van der Waals surface area (Å²) < 4.78 is 38.1. The van der Waals surface area contributed by atoms with Gasteiger partial charge in [-0.1, -0.05) is 55.1 Å². The van der Waals surface area contributed by atoms with Crippen LogP contribution in [0.1, 0.15) is 65.0 Å². The van der Waals surface area contributed by atoms with Gasteiger partial charge in [0.15, 0.2) is 17.3 Å². The Morgan fingerprint density at radius 2 is 1.80 bits per heavy atom. The van der Waals surface area contributed by atoms with Gasteiger partial charge in [0.05, 0.1) is 25.6 Å². The Morgan fingerprint density at radius 1 is 1.04 bits per heavy atom. The standard InChI is InChI=1S/C40H46O9/c1-24(2)38-15-16-39-29(35(38)47-40(48-38,49-39)22-26-11-9-8-10-12-26)18-28(21-37(43)32(39)17-25(3)34(37)42)23-45-33(41)20-27-13-14-30(31(19-27)44-7)46-36(4,5)6/h8-14,17-19,29,32,35,43H,1,15-16,20-23H2,2-7H3/t29-,32+,35+,37+,38+,39+,40+/m0/s1. The van der Waals surface area contributed by atoms with Crippen molar-refractivity contribution in [1.82, 2.24) is 0 Å². The van der Waals surface area contributed by atoms with Crippen molar-refractivity contribution in [3.05, 3.63) is 95.1 Å². The van der Waals surface area contributed by atoms with E-state index in [2.05, 4.69) is 6.58 Å². The molecule has 0 radical (unpaired) electrons. The summed E-state index contributed by atoms with van der Waals surface area (Å²) in [6, 6.07) is 15.2. The highest BCUT2D eigenvalue weighted by atomic mass is 16.9. The van der Waals surface area contributed by atoms with Crippen LogP contribution < -0.4 is 9.47 Å². The summed E-state index contributed by atoms with van der Waals surface area (Å²) in [4.78, 5) is 27.0. The van der Waals surface area contributed by atoms with Crippen LogP contribution >= 0.6 is 0 Å². The number of Topliss-reactive ketones (excluding diaryl/α,β-unsaturated/α-hetero) is 1. The van der Waals surface area contributed by atoms with Crippen LogP contribution in [0, 0.1) is 11.8 Å². The van der Waals surface area contributed by atoms with Gasteiger partial charge in [-0.15, -0.1) is 0 Å². The molecule has 9 nitrogen and oxygen atoms in total. The van der Waals surface area contributed by atoms with E-state index in [9.17, 15) is 14.7 Å². The molecule has 0 amide bonds. The first kappa shape index (κ1) is 33.7. The summed E-state index contributed by atoms with van der Waals surface area (Å²) in [6.07, 6.45) is 4.80. The van der Waals surface area contributed by atoms with Gasteiger partial charge in [-0.05, 0) is 87.4 Å². The van der Waals surface area contributed by atoms with E-state index in [4.69, 9.17) is 28.4 Å². The molecule has 3 aliphatic carbocycles. The van der Waals surface area contributed by atoms with E-state index in [0.29, 0.717) is 47.5 Å². The Labute approximate surface area is 287 Å². The first-order chi connectivity index (χ1) is 23.1. The predicted octanol–water partition coefficient (Wildman–Crippen LogP) is 5.97.